The Morgan fingerprint density at radius 1 is 1.00 bits per heavy atom. The number of amides is 2. The topological polar surface area (TPSA) is 79.8 Å². The molecule has 156 valence electrons. The van der Waals surface area contributed by atoms with Crippen LogP contribution in [0.2, 0.25) is 5.02 Å². The van der Waals surface area contributed by atoms with Gasteiger partial charge in [-0.05, 0) is 60.7 Å². The van der Waals surface area contributed by atoms with Crippen molar-refractivity contribution in [2.45, 2.75) is 11.7 Å². The molecule has 8 heteroatoms. The molecule has 0 spiro atoms. The zero-order chi connectivity index (χ0) is 21.6. The van der Waals surface area contributed by atoms with E-state index in [1.165, 1.54) is 11.8 Å². The van der Waals surface area contributed by atoms with Gasteiger partial charge in [-0.3, -0.25) is 9.59 Å². The van der Waals surface area contributed by atoms with Crippen LogP contribution >= 0.6 is 23.4 Å². The molecule has 1 fully saturated rings. The first kappa shape index (κ1) is 21.0. The summed E-state index contributed by atoms with van der Waals surface area (Å²) in [4.78, 5) is 29.0. The highest BCUT2D eigenvalue weighted by atomic mass is 35.5. The van der Waals surface area contributed by atoms with Crippen molar-refractivity contribution in [2.75, 3.05) is 5.32 Å². The highest BCUT2D eigenvalue weighted by Gasteiger charge is 2.32. The van der Waals surface area contributed by atoms with Crippen molar-refractivity contribution >= 4 is 51.7 Å². The number of nitrogens with zero attached hydrogens (tertiary/aromatic N) is 1. The van der Waals surface area contributed by atoms with Crippen molar-refractivity contribution in [2.24, 2.45) is 4.99 Å². The number of thioether (sulfide) groups is 1. The molecule has 0 unspecified atom stereocenters. The van der Waals surface area contributed by atoms with E-state index in [0.717, 1.165) is 5.69 Å². The molecule has 1 aliphatic heterocycles. The van der Waals surface area contributed by atoms with E-state index >= 15 is 0 Å². The van der Waals surface area contributed by atoms with E-state index in [1.807, 2.05) is 30.3 Å². The first-order chi connectivity index (χ1) is 15.0. The molecule has 3 aromatic rings. The van der Waals surface area contributed by atoms with Gasteiger partial charge in [0.25, 0.3) is 0 Å². The van der Waals surface area contributed by atoms with Gasteiger partial charge in [0.15, 0.2) is 5.17 Å². The molecule has 1 saturated heterocycles. The van der Waals surface area contributed by atoms with Gasteiger partial charge in [0.05, 0.1) is 5.69 Å². The van der Waals surface area contributed by atoms with Crippen LogP contribution in [0.1, 0.15) is 6.42 Å². The Labute approximate surface area is 188 Å². The lowest BCUT2D eigenvalue weighted by molar-refractivity contribution is -0.122. The molecule has 0 aliphatic carbocycles. The van der Waals surface area contributed by atoms with Crippen LogP contribution in [0.3, 0.4) is 0 Å². The maximum absolute atomic E-state index is 12.4. The zero-order valence-corrected chi connectivity index (χ0v) is 17.8. The predicted octanol–water partition coefficient (Wildman–Crippen LogP) is 5.38. The van der Waals surface area contributed by atoms with Gasteiger partial charge in [-0.15, -0.1) is 0 Å². The monoisotopic (exact) mass is 451 g/mol. The number of carbonyl (C=O) groups is 2. The van der Waals surface area contributed by atoms with Gasteiger partial charge in [-0.1, -0.05) is 41.6 Å². The fourth-order valence-corrected chi connectivity index (χ4v) is 3.95. The molecule has 0 aromatic heterocycles. The summed E-state index contributed by atoms with van der Waals surface area (Å²) in [5.74, 6) is 0.827. The first-order valence-electron chi connectivity index (χ1n) is 9.50. The molecule has 2 N–H and O–H groups in total. The van der Waals surface area contributed by atoms with Gasteiger partial charge in [0, 0.05) is 17.1 Å². The zero-order valence-electron chi connectivity index (χ0n) is 16.2. The number of amidine groups is 1. The van der Waals surface area contributed by atoms with Crippen LogP contribution in [0.4, 0.5) is 11.4 Å². The summed E-state index contributed by atoms with van der Waals surface area (Å²) >= 11 is 7.13. The minimum Gasteiger partial charge on any atom is -0.457 e. The Balaban J connectivity index is 1.31. The lowest BCUT2D eigenvalue weighted by Gasteiger charge is -2.09. The maximum Gasteiger partial charge on any atom is 0.240 e. The Bertz CT molecular complexity index is 1100. The van der Waals surface area contributed by atoms with Crippen LogP contribution in [0.25, 0.3) is 0 Å². The Morgan fingerprint density at radius 2 is 1.65 bits per heavy atom. The van der Waals surface area contributed by atoms with Crippen molar-refractivity contribution in [3.63, 3.8) is 0 Å². The molecule has 0 saturated carbocycles. The molecule has 1 aliphatic rings. The second-order valence-electron chi connectivity index (χ2n) is 6.68. The Hall–Kier alpha value is -3.29. The first-order valence-corrected chi connectivity index (χ1v) is 10.8. The quantitative estimate of drug-likeness (QED) is 0.527. The van der Waals surface area contributed by atoms with Gasteiger partial charge in [0.2, 0.25) is 11.8 Å². The van der Waals surface area contributed by atoms with Crippen LogP contribution in [0.15, 0.2) is 83.9 Å². The van der Waals surface area contributed by atoms with Crippen LogP contribution in [-0.2, 0) is 9.59 Å². The van der Waals surface area contributed by atoms with Crippen molar-refractivity contribution in [1.82, 2.24) is 5.32 Å². The summed E-state index contributed by atoms with van der Waals surface area (Å²) in [5.41, 5.74) is 1.37. The molecule has 6 nitrogen and oxygen atoms in total. The van der Waals surface area contributed by atoms with Crippen molar-refractivity contribution in [3.8, 4) is 11.5 Å². The number of nitrogens with one attached hydrogen (secondary N) is 2. The highest BCUT2D eigenvalue weighted by Crippen LogP contribution is 2.27. The number of hydrogen-bond acceptors (Lipinski definition) is 5. The summed E-state index contributed by atoms with van der Waals surface area (Å²) in [7, 11) is 0. The van der Waals surface area contributed by atoms with Crippen LogP contribution in [-0.4, -0.2) is 22.2 Å². The van der Waals surface area contributed by atoms with Crippen LogP contribution < -0.4 is 15.4 Å². The second-order valence-corrected chi connectivity index (χ2v) is 8.31. The van der Waals surface area contributed by atoms with Crippen LogP contribution in [0, 0.1) is 0 Å². The minimum atomic E-state index is -0.519. The normalized spacial score (nSPS) is 16.7. The summed E-state index contributed by atoms with van der Waals surface area (Å²) in [6.07, 6.45) is 0.0489. The Morgan fingerprint density at radius 3 is 2.32 bits per heavy atom. The van der Waals surface area contributed by atoms with E-state index in [9.17, 15) is 9.59 Å². The fraction of sp³-hybridized carbons (Fsp3) is 0.0870. The third-order valence-electron chi connectivity index (χ3n) is 4.32. The molecule has 0 radical (unpaired) electrons. The van der Waals surface area contributed by atoms with Gasteiger partial charge in [0.1, 0.15) is 16.7 Å². The van der Waals surface area contributed by atoms with E-state index in [1.54, 1.807) is 48.5 Å². The summed E-state index contributed by atoms with van der Waals surface area (Å²) in [6, 6.07) is 23.4. The van der Waals surface area contributed by atoms with Gasteiger partial charge < -0.3 is 15.4 Å². The number of halogens is 1. The van der Waals surface area contributed by atoms with Gasteiger partial charge in [-0.25, -0.2) is 4.99 Å². The largest absolute Gasteiger partial charge is 0.457 e. The molecule has 3 aromatic carbocycles. The third-order valence-corrected chi connectivity index (χ3v) is 5.66. The lowest BCUT2D eigenvalue weighted by atomic mass is 10.2. The summed E-state index contributed by atoms with van der Waals surface area (Å²) < 4.78 is 5.73. The standard InChI is InChI=1S/C23H18ClN3O3S/c24-15-6-10-18(11-7-15)30-19-12-8-17(9-13-19)25-21(28)14-20-22(29)27-23(31-20)26-16-4-2-1-3-5-16/h1-13,20H,14H2,(H,25,28)(H,26,27,29)/t20-/m0/s1. The molecule has 2 amide bonds. The SMILES string of the molecule is O=C(C[C@@H]1SC(=Nc2ccccc2)NC1=O)Nc1ccc(Oc2ccc(Cl)cc2)cc1. The van der Waals surface area contributed by atoms with Crippen LogP contribution in [0.5, 0.6) is 11.5 Å². The molecule has 4 rings (SSSR count). The molecule has 0 bridgehead atoms. The average Bonchev–Trinajstić information content (AvgIpc) is 3.10. The van der Waals surface area contributed by atoms with E-state index in [4.69, 9.17) is 16.3 Å². The third kappa shape index (κ3) is 5.87. The predicted molar refractivity (Wildman–Crippen MR) is 124 cm³/mol. The maximum atomic E-state index is 12.4. The molecular weight excluding hydrogens is 434 g/mol. The molecule has 1 atom stereocenters. The smallest absolute Gasteiger partial charge is 0.240 e. The number of aliphatic imine (C=N–C) groups is 1. The minimum absolute atomic E-state index is 0.0489. The number of rotatable bonds is 6. The van der Waals surface area contributed by atoms with E-state index in [0.29, 0.717) is 27.4 Å². The number of para-hydroxylation sites is 1. The fourth-order valence-electron chi connectivity index (χ4n) is 2.84. The van der Waals surface area contributed by atoms with Crippen molar-refractivity contribution in [3.05, 3.63) is 83.9 Å². The average molecular weight is 452 g/mol. The van der Waals surface area contributed by atoms with E-state index < -0.39 is 5.25 Å². The highest BCUT2D eigenvalue weighted by molar-refractivity contribution is 8.15. The van der Waals surface area contributed by atoms with Crippen molar-refractivity contribution in [1.29, 1.82) is 0 Å². The van der Waals surface area contributed by atoms with Gasteiger partial charge in [-0.2, -0.15) is 0 Å². The number of anilines is 1. The van der Waals surface area contributed by atoms with Crippen molar-refractivity contribution < 1.29 is 14.3 Å². The number of ether oxygens (including phenoxy) is 1. The summed E-state index contributed by atoms with van der Waals surface area (Å²) in [5, 5.41) is 6.15. The van der Waals surface area contributed by atoms with Gasteiger partial charge >= 0.3 is 0 Å². The Kier molecular flexibility index (Phi) is 6.54. The molecule has 1 heterocycles. The van der Waals surface area contributed by atoms with E-state index in [-0.39, 0.29) is 18.2 Å². The number of hydrogen-bond donors (Lipinski definition) is 2. The number of benzene rings is 3. The lowest BCUT2D eigenvalue weighted by Crippen LogP contribution is -2.28. The molecular formula is C23H18ClN3O3S. The molecule has 31 heavy (non-hydrogen) atoms. The second kappa shape index (κ2) is 9.68. The van der Waals surface area contributed by atoms with E-state index in [2.05, 4.69) is 15.6 Å². The number of carbonyl (C=O) groups excluding carboxylic acids is 2. The summed E-state index contributed by atoms with van der Waals surface area (Å²) in [6.45, 7) is 0.